The van der Waals surface area contributed by atoms with Crippen LogP contribution < -0.4 is 10.3 Å². The number of benzene rings is 1. The molecule has 0 aliphatic heterocycles. The van der Waals surface area contributed by atoms with Crippen LogP contribution >= 0.6 is 12.6 Å². The summed E-state index contributed by atoms with van der Waals surface area (Å²) in [6, 6.07) is 9.24. The van der Waals surface area contributed by atoms with E-state index in [1.165, 1.54) is 0 Å². The summed E-state index contributed by atoms with van der Waals surface area (Å²) in [6.07, 6.45) is 0. The molecule has 2 rings (SSSR count). The van der Waals surface area contributed by atoms with Gasteiger partial charge >= 0.3 is 0 Å². The van der Waals surface area contributed by atoms with Crippen LogP contribution in [0, 0.1) is 0 Å². The van der Waals surface area contributed by atoms with E-state index < -0.39 is 0 Å². The molecule has 1 aromatic carbocycles. The first-order chi connectivity index (χ1) is 8.26. The molecule has 0 unspecified atom stereocenters. The van der Waals surface area contributed by atoms with Crippen LogP contribution in [0.15, 0.2) is 35.1 Å². The monoisotopic (exact) mass is 248 g/mol. The average molecular weight is 248 g/mol. The van der Waals surface area contributed by atoms with Gasteiger partial charge in [-0.25, -0.2) is 5.10 Å². The fourth-order valence-corrected chi connectivity index (χ4v) is 1.79. The van der Waals surface area contributed by atoms with Crippen molar-refractivity contribution >= 4 is 12.6 Å². The molecule has 0 radical (unpaired) electrons. The van der Waals surface area contributed by atoms with Gasteiger partial charge in [0.1, 0.15) is 5.75 Å². The summed E-state index contributed by atoms with van der Waals surface area (Å²) in [7, 11) is 1.60. The molecule has 17 heavy (non-hydrogen) atoms. The van der Waals surface area contributed by atoms with Gasteiger partial charge in [-0.2, -0.15) is 17.7 Å². The zero-order valence-electron chi connectivity index (χ0n) is 9.30. The summed E-state index contributed by atoms with van der Waals surface area (Å²) in [6.45, 7) is 0. The van der Waals surface area contributed by atoms with Gasteiger partial charge in [0.2, 0.25) is 0 Å². The quantitative estimate of drug-likeness (QED) is 0.815. The SMILES string of the molecule is COc1ccccc1-c1cc(CS)c(=O)[nH]n1. The zero-order chi connectivity index (χ0) is 12.3. The lowest BCUT2D eigenvalue weighted by atomic mass is 10.1. The number of thiol groups is 1. The molecule has 0 saturated carbocycles. The molecule has 1 N–H and O–H groups in total. The van der Waals surface area contributed by atoms with Crippen LogP contribution in [0.4, 0.5) is 0 Å². The Morgan fingerprint density at radius 2 is 2.18 bits per heavy atom. The van der Waals surface area contributed by atoms with Gasteiger partial charge in [-0.1, -0.05) is 12.1 Å². The van der Waals surface area contributed by atoms with Gasteiger partial charge in [0.15, 0.2) is 0 Å². The van der Waals surface area contributed by atoms with E-state index >= 15 is 0 Å². The summed E-state index contributed by atoms with van der Waals surface area (Å²) >= 11 is 4.11. The van der Waals surface area contributed by atoms with Gasteiger partial charge < -0.3 is 4.74 Å². The Bertz CT molecular complexity index is 581. The summed E-state index contributed by atoms with van der Waals surface area (Å²) in [5.41, 5.74) is 1.89. The number of aromatic nitrogens is 2. The molecule has 1 aromatic heterocycles. The molecule has 4 nitrogen and oxygen atoms in total. The number of ether oxygens (including phenoxy) is 1. The van der Waals surface area contributed by atoms with E-state index in [0.29, 0.717) is 17.0 Å². The van der Waals surface area contributed by atoms with E-state index in [0.717, 1.165) is 11.3 Å². The standard InChI is InChI=1S/C12H12N2O2S/c1-16-11-5-3-2-4-9(11)10-6-8(7-17)12(15)14-13-10/h2-6,17H,7H2,1H3,(H,14,15). The van der Waals surface area contributed by atoms with Crippen LogP contribution in [0.3, 0.4) is 0 Å². The second kappa shape index (κ2) is 5.05. The van der Waals surface area contributed by atoms with Gasteiger partial charge in [-0.15, -0.1) is 0 Å². The highest BCUT2D eigenvalue weighted by Gasteiger charge is 2.08. The largest absolute Gasteiger partial charge is 0.496 e. The minimum absolute atomic E-state index is 0.210. The summed E-state index contributed by atoms with van der Waals surface area (Å²) in [5, 5.41) is 6.47. The van der Waals surface area contributed by atoms with Crippen LogP contribution in [-0.2, 0) is 5.75 Å². The Labute approximate surface area is 104 Å². The lowest BCUT2D eigenvalue weighted by Gasteiger charge is -2.07. The van der Waals surface area contributed by atoms with Gasteiger partial charge in [-0.3, -0.25) is 4.79 Å². The Morgan fingerprint density at radius 3 is 2.88 bits per heavy atom. The van der Waals surface area contributed by atoms with Crippen LogP contribution in [0.25, 0.3) is 11.3 Å². The summed E-state index contributed by atoms with van der Waals surface area (Å²) in [5.74, 6) is 1.09. The maximum atomic E-state index is 11.4. The third kappa shape index (κ3) is 2.34. The highest BCUT2D eigenvalue weighted by atomic mass is 32.1. The minimum atomic E-state index is -0.210. The molecular weight excluding hydrogens is 236 g/mol. The smallest absolute Gasteiger partial charge is 0.268 e. The molecule has 0 fully saturated rings. The number of aromatic amines is 1. The maximum absolute atomic E-state index is 11.4. The van der Waals surface area contributed by atoms with E-state index in [1.807, 2.05) is 24.3 Å². The van der Waals surface area contributed by atoms with Crippen LogP contribution in [0.5, 0.6) is 5.75 Å². The number of rotatable bonds is 3. The van der Waals surface area contributed by atoms with E-state index in [-0.39, 0.29) is 5.56 Å². The normalized spacial score (nSPS) is 10.2. The molecule has 0 spiro atoms. The molecule has 0 atom stereocenters. The lowest BCUT2D eigenvalue weighted by Crippen LogP contribution is -2.13. The summed E-state index contributed by atoms with van der Waals surface area (Å²) in [4.78, 5) is 11.4. The van der Waals surface area contributed by atoms with Crippen molar-refractivity contribution in [1.29, 1.82) is 0 Å². The van der Waals surface area contributed by atoms with Crippen LogP contribution in [0.1, 0.15) is 5.56 Å². The number of hydrogen-bond acceptors (Lipinski definition) is 4. The molecule has 5 heteroatoms. The highest BCUT2D eigenvalue weighted by molar-refractivity contribution is 7.79. The maximum Gasteiger partial charge on any atom is 0.268 e. The Morgan fingerprint density at radius 1 is 1.41 bits per heavy atom. The second-order valence-corrected chi connectivity index (χ2v) is 3.78. The molecule has 0 amide bonds. The highest BCUT2D eigenvalue weighted by Crippen LogP contribution is 2.27. The van der Waals surface area contributed by atoms with E-state index in [1.54, 1.807) is 13.2 Å². The summed E-state index contributed by atoms with van der Waals surface area (Å²) < 4.78 is 5.25. The topological polar surface area (TPSA) is 55.0 Å². The molecule has 0 bridgehead atoms. The number of nitrogens with one attached hydrogen (secondary N) is 1. The van der Waals surface area contributed by atoms with Crippen molar-refractivity contribution in [3.63, 3.8) is 0 Å². The average Bonchev–Trinajstić information content (AvgIpc) is 2.39. The number of para-hydroxylation sites is 1. The van der Waals surface area contributed by atoms with Crippen molar-refractivity contribution in [3.8, 4) is 17.0 Å². The molecule has 0 aliphatic rings. The third-order valence-electron chi connectivity index (χ3n) is 2.43. The first-order valence-corrected chi connectivity index (χ1v) is 5.72. The van der Waals surface area contributed by atoms with Crippen molar-refractivity contribution < 1.29 is 4.74 Å². The number of H-pyrrole nitrogens is 1. The minimum Gasteiger partial charge on any atom is -0.496 e. The van der Waals surface area contributed by atoms with Gasteiger partial charge in [0.05, 0.1) is 12.8 Å². The van der Waals surface area contributed by atoms with Gasteiger partial charge in [0.25, 0.3) is 5.56 Å². The van der Waals surface area contributed by atoms with E-state index in [4.69, 9.17) is 4.74 Å². The first kappa shape index (κ1) is 11.7. The fourth-order valence-electron chi connectivity index (χ4n) is 1.56. The molecule has 0 saturated heterocycles. The van der Waals surface area contributed by atoms with Gasteiger partial charge in [0, 0.05) is 16.9 Å². The van der Waals surface area contributed by atoms with Crippen molar-refractivity contribution in [2.24, 2.45) is 0 Å². The molecule has 88 valence electrons. The first-order valence-electron chi connectivity index (χ1n) is 5.09. The number of methoxy groups -OCH3 is 1. The van der Waals surface area contributed by atoms with Gasteiger partial charge in [-0.05, 0) is 18.2 Å². The van der Waals surface area contributed by atoms with Crippen LogP contribution in [-0.4, -0.2) is 17.3 Å². The Balaban J connectivity index is 2.56. The lowest BCUT2D eigenvalue weighted by molar-refractivity contribution is 0.416. The number of hydrogen-bond donors (Lipinski definition) is 2. The van der Waals surface area contributed by atoms with Crippen molar-refractivity contribution in [2.75, 3.05) is 7.11 Å². The molecule has 2 aromatic rings. The third-order valence-corrected chi connectivity index (χ3v) is 2.77. The molecular formula is C12H12N2O2S. The van der Waals surface area contributed by atoms with Crippen LogP contribution in [0.2, 0.25) is 0 Å². The molecule has 0 aliphatic carbocycles. The van der Waals surface area contributed by atoms with Crippen molar-refractivity contribution in [1.82, 2.24) is 10.2 Å². The predicted octanol–water partition coefficient (Wildman–Crippen LogP) is 1.88. The molecule has 1 heterocycles. The Kier molecular flexibility index (Phi) is 3.49. The fraction of sp³-hybridized carbons (Fsp3) is 0.167. The van der Waals surface area contributed by atoms with Crippen molar-refractivity contribution in [2.45, 2.75) is 5.75 Å². The number of nitrogens with zero attached hydrogens (tertiary/aromatic N) is 1. The zero-order valence-corrected chi connectivity index (χ0v) is 10.2. The predicted molar refractivity (Wildman–Crippen MR) is 69.5 cm³/mol. The second-order valence-electron chi connectivity index (χ2n) is 3.47. The van der Waals surface area contributed by atoms with Crippen molar-refractivity contribution in [3.05, 3.63) is 46.2 Å². The van der Waals surface area contributed by atoms with E-state index in [2.05, 4.69) is 22.8 Å². The van der Waals surface area contributed by atoms with E-state index in [9.17, 15) is 4.79 Å². The Hall–Kier alpha value is -1.75.